The van der Waals surface area contributed by atoms with Crippen molar-refractivity contribution in [3.63, 3.8) is 0 Å². The van der Waals surface area contributed by atoms with Gasteiger partial charge in [-0.3, -0.25) is 4.79 Å². The average Bonchev–Trinajstić information content (AvgIpc) is 2.35. The molecule has 1 rings (SSSR count). The lowest BCUT2D eigenvalue weighted by Crippen LogP contribution is -2.31. The quantitative estimate of drug-likeness (QED) is 0.573. The molecule has 0 aromatic heterocycles. The number of carbonyl (C=O) groups excluding carboxylic acids is 2. The third-order valence-corrected chi connectivity index (χ3v) is 1.88. The Balaban J connectivity index is 2.58. The van der Waals surface area contributed by atoms with Crippen LogP contribution in [-0.2, 0) is 20.9 Å². The number of ether oxygens (including phenoxy) is 1. The summed E-state index contributed by atoms with van der Waals surface area (Å²) in [5, 5.41) is 11.0. The van der Waals surface area contributed by atoms with E-state index < -0.39 is 11.9 Å². The molecule has 0 radical (unpaired) electrons. The lowest BCUT2D eigenvalue weighted by molar-refractivity contribution is -0.152. The van der Waals surface area contributed by atoms with Gasteiger partial charge < -0.3 is 10.1 Å². The van der Waals surface area contributed by atoms with Gasteiger partial charge in [0.05, 0.1) is 18.7 Å². The average molecular weight is 218 g/mol. The number of carbonyl (C=O) groups is 2. The van der Waals surface area contributed by atoms with Crippen LogP contribution in [0.15, 0.2) is 24.3 Å². The number of methoxy groups -OCH3 is 1. The van der Waals surface area contributed by atoms with Gasteiger partial charge >= 0.3 is 11.9 Å². The molecule has 1 N–H and O–H groups in total. The van der Waals surface area contributed by atoms with Gasteiger partial charge in [-0.25, -0.2) is 4.79 Å². The SMILES string of the molecule is COC(=O)C(=O)NCc1cccc(C#N)c1. The molecule has 0 fully saturated rings. The molecule has 0 unspecified atom stereocenters. The van der Waals surface area contributed by atoms with Crippen molar-refractivity contribution in [3.05, 3.63) is 35.4 Å². The Morgan fingerprint density at radius 3 is 2.88 bits per heavy atom. The first-order chi connectivity index (χ1) is 7.67. The number of benzene rings is 1. The van der Waals surface area contributed by atoms with Gasteiger partial charge in [-0.05, 0) is 17.7 Å². The summed E-state index contributed by atoms with van der Waals surface area (Å²) in [7, 11) is 1.14. The molecule has 82 valence electrons. The van der Waals surface area contributed by atoms with Crippen molar-refractivity contribution in [2.75, 3.05) is 7.11 Å². The number of nitrogens with zero attached hydrogens (tertiary/aromatic N) is 1. The zero-order valence-electron chi connectivity index (χ0n) is 8.69. The van der Waals surface area contributed by atoms with Crippen LogP contribution in [0.25, 0.3) is 0 Å². The zero-order valence-corrected chi connectivity index (χ0v) is 8.69. The highest BCUT2D eigenvalue weighted by molar-refractivity contribution is 6.32. The van der Waals surface area contributed by atoms with Crippen LogP contribution in [0, 0.1) is 11.3 Å². The fourth-order valence-electron chi connectivity index (χ4n) is 1.10. The summed E-state index contributed by atoms with van der Waals surface area (Å²) in [5.74, 6) is -1.73. The topological polar surface area (TPSA) is 79.2 Å². The maximum absolute atomic E-state index is 11.1. The summed E-state index contributed by atoms with van der Waals surface area (Å²) < 4.78 is 4.24. The molecule has 0 aliphatic heterocycles. The minimum absolute atomic E-state index is 0.184. The van der Waals surface area contributed by atoms with Crippen LogP contribution in [0.5, 0.6) is 0 Å². The molecule has 5 heteroatoms. The van der Waals surface area contributed by atoms with Gasteiger partial charge in [-0.1, -0.05) is 12.1 Å². The van der Waals surface area contributed by atoms with Crippen molar-refractivity contribution < 1.29 is 14.3 Å². The normalized spacial score (nSPS) is 9.00. The number of hydrogen-bond acceptors (Lipinski definition) is 4. The molecular formula is C11H10N2O3. The van der Waals surface area contributed by atoms with Crippen LogP contribution in [0.2, 0.25) is 0 Å². The molecule has 0 heterocycles. The third kappa shape index (κ3) is 3.10. The summed E-state index contributed by atoms with van der Waals surface area (Å²) >= 11 is 0. The molecule has 1 aromatic rings. The molecule has 0 atom stereocenters. The Morgan fingerprint density at radius 1 is 1.50 bits per heavy atom. The Labute approximate surface area is 92.6 Å². The van der Waals surface area contributed by atoms with Crippen molar-refractivity contribution in [2.45, 2.75) is 6.54 Å². The predicted octanol–water partition coefficient (Wildman–Crippen LogP) is 0.347. The first kappa shape index (κ1) is 11.7. The fraction of sp³-hybridized carbons (Fsp3) is 0.182. The zero-order chi connectivity index (χ0) is 12.0. The number of hydrogen-bond donors (Lipinski definition) is 1. The van der Waals surface area contributed by atoms with E-state index >= 15 is 0 Å². The van der Waals surface area contributed by atoms with Crippen molar-refractivity contribution >= 4 is 11.9 Å². The van der Waals surface area contributed by atoms with Gasteiger partial charge in [0.25, 0.3) is 0 Å². The smallest absolute Gasteiger partial charge is 0.396 e. The second-order valence-electron chi connectivity index (χ2n) is 2.99. The molecular weight excluding hydrogens is 208 g/mol. The van der Waals surface area contributed by atoms with E-state index in [2.05, 4.69) is 10.1 Å². The maximum atomic E-state index is 11.1. The van der Waals surface area contributed by atoms with E-state index in [4.69, 9.17) is 5.26 Å². The first-order valence-corrected chi connectivity index (χ1v) is 4.52. The van der Waals surface area contributed by atoms with Crippen LogP contribution < -0.4 is 5.32 Å². The lowest BCUT2D eigenvalue weighted by Gasteiger charge is -2.03. The predicted molar refractivity (Wildman–Crippen MR) is 55.0 cm³/mol. The number of rotatable bonds is 2. The molecule has 16 heavy (non-hydrogen) atoms. The van der Waals surface area contributed by atoms with Crippen molar-refractivity contribution in [1.29, 1.82) is 5.26 Å². The van der Waals surface area contributed by atoms with Gasteiger partial charge in [0.2, 0.25) is 0 Å². The van der Waals surface area contributed by atoms with Crippen molar-refractivity contribution in [3.8, 4) is 6.07 Å². The fourth-order valence-corrected chi connectivity index (χ4v) is 1.10. The molecule has 0 bridgehead atoms. The summed E-state index contributed by atoms with van der Waals surface area (Å²) in [6, 6.07) is 8.73. The van der Waals surface area contributed by atoms with E-state index in [0.29, 0.717) is 5.56 Å². The monoisotopic (exact) mass is 218 g/mol. The summed E-state index contributed by atoms with van der Waals surface area (Å²) in [4.78, 5) is 21.8. The van der Waals surface area contributed by atoms with Crippen LogP contribution in [0.1, 0.15) is 11.1 Å². The molecule has 1 amide bonds. The van der Waals surface area contributed by atoms with Crippen LogP contribution >= 0.6 is 0 Å². The van der Waals surface area contributed by atoms with E-state index in [0.717, 1.165) is 12.7 Å². The van der Waals surface area contributed by atoms with E-state index in [1.165, 1.54) is 0 Å². The van der Waals surface area contributed by atoms with Crippen LogP contribution in [0.4, 0.5) is 0 Å². The Bertz CT molecular complexity index is 449. The minimum Gasteiger partial charge on any atom is -0.462 e. The highest BCUT2D eigenvalue weighted by Gasteiger charge is 2.12. The summed E-state index contributed by atoms with van der Waals surface area (Å²) in [6.45, 7) is 0.184. The standard InChI is InChI=1S/C11H10N2O3/c1-16-11(15)10(14)13-7-9-4-2-3-8(5-9)6-12/h2-5H,7H2,1H3,(H,13,14). The molecule has 0 aliphatic carbocycles. The van der Waals surface area contributed by atoms with Gasteiger partial charge in [-0.2, -0.15) is 5.26 Å². The molecule has 1 aromatic carbocycles. The number of amides is 1. The van der Waals surface area contributed by atoms with Crippen LogP contribution in [0.3, 0.4) is 0 Å². The molecule has 0 aliphatic rings. The van der Waals surface area contributed by atoms with Gasteiger partial charge in [0.15, 0.2) is 0 Å². The molecule has 0 saturated carbocycles. The van der Waals surface area contributed by atoms with E-state index in [9.17, 15) is 9.59 Å². The lowest BCUT2D eigenvalue weighted by atomic mass is 10.1. The second-order valence-corrected chi connectivity index (χ2v) is 2.99. The number of nitrogens with one attached hydrogen (secondary N) is 1. The van der Waals surface area contributed by atoms with E-state index in [-0.39, 0.29) is 6.54 Å². The Hall–Kier alpha value is -2.35. The van der Waals surface area contributed by atoms with Gasteiger partial charge in [0, 0.05) is 6.54 Å². The number of esters is 1. The largest absolute Gasteiger partial charge is 0.462 e. The maximum Gasteiger partial charge on any atom is 0.396 e. The van der Waals surface area contributed by atoms with Crippen LogP contribution in [-0.4, -0.2) is 19.0 Å². The van der Waals surface area contributed by atoms with Gasteiger partial charge in [-0.15, -0.1) is 0 Å². The Kier molecular flexibility index (Phi) is 4.04. The molecule has 5 nitrogen and oxygen atoms in total. The highest BCUT2D eigenvalue weighted by atomic mass is 16.5. The van der Waals surface area contributed by atoms with E-state index in [1.54, 1.807) is 24.3 Å². The molecule has 0 saturated heterocycles. The second kappa shape index (κ2) is 5.51. The third-order valence-electron chi connectivity index (χ3n) is 1.88. The number of nitriles is 1. The summed E-state index contributed by atoms with van der Waals surface area (Å²) in [5.41, 5.74) is 1.25. The highest BCUT2D eigenvalue weighted by Crippen LogP contribution is 2.03. The van der Waals surface area contributed by atoms with E-state index in [1.807, 2.05) is 6.07 Å². The minimum atomic E-state index is -0.934. The first-order valence-electron chi connectivity index (χ1n) is 4.52. The molecule has 0 spiro atoms. The summed E-state index contributed by atoms with van der Waals surface area (Å²) in [6.07, 6.45) is 0. The van der Waals surface area contributed by atoms with Crippen molar-refractivity contribution in [1.82, 2.24) is 5.32 Å². The van der Waals surface area contributed by atoms with Gasteiger partial charge in [0.1, 0.15) is 0 Å². The Morgan fingerprint density at radius 2 is 2.25 bits per heavy atom. The van der Waals surface area contributed by atoms with Crippen molar-refractivity contribution in [2.24, 2.45) is 0 Å².